The number of nitrogens with one attached hydrogen (secondary N) is 1. The first-order chi connectivity index (χ1) is 12.5. The van der Waals surface area contributed by atoms with E-state index in [0.717, 1.165) is 11.8 Å². The van der Waals surface area contributed by atoms with Crippen LogP contribution in [0.3, 0.4) is 0 Å². The van der Waals surface area contributed by atoms with Crippen LogP contribution in [0.25, 0.3) is 11.5 Å². The number of carbonyl (C=O) groups excluding carboxylic acids is 1. The number of hydrogen-bond acceptors (Lipinski definition) is 6. The average molecular weight is 373 g/mol. The summed E-state index contributed by atoms with van der Waals surface area (Å²) in [5, 5.41) is 10.5. The van der Waals surface area contributed by atoms with Crippen LogP contribution in [0.1, 0.15) is 6.92 Å². The predicted octanol–water partition coefficient (Wildman–Crippen LogP) is 4.00. The number of carbonyl (C=O) groups is 1. The standard InChI is InChI=1S/C18H16FN3O3S/c1-11(16(23)20-14-4-3-5-15(10-14)24-2)26-18-22-21-17(25-18)12-6-8-13(19)9-7-12/h3-11H,1-2H3,(H,20,23)/t11-/m1/s1. The summed E-state index contributed by atoms with van der Waals surface area (Å²) in [6, 6.07) is 12.8. The molecule has 134 valence electrons. The lowest BCUT2D eigenvalue weighted by Crippen LogP contribution is -2.22. The van der Waals surface area contributed by atoms with Gasteiger partial charge in [-0.3, -0.25) is 4.79 Å². The van der Waals surface area contributed by atoms with Gasteiger partial charge in [-0.15, -0.1) is 10.2 Å². The number of rotatable bonds is 6. The second-order valence-corrected chi connectivity index (χ2v) is 6.65. The number of halogens is 1. The average Bonchev–Trinajstić information content (AvgIpc) is 3.11. The topological polar surface area (TPSA) is 77.2 Å². The van der Waals surface area contributed by atoms with E-state index in [1.807, 2.05) is 0 Å². The number of benzene rings is 2. The van der Waals surface area contributed by atoms with Crippen molar-refractivity contribution in [2.24, 2.45) is 0 Å². The summed E-state index contributed by atoms with van der Waals surface area (Å²) in [7, 11) is 1.56. The monoisotopic (exact) mass is 373 g/mol. The second-order valence-electron chi connectivity index (χ2n) is 5.36. The minimum absolute atomic E-state index is 0.204. The summed E-state index contributed by atoms with van der Waals surface area (Å²) in [5.41, 5.74) is 1.25. The molecule has 0 bridgehead atoms. The zero-order chi connectivity index (χ0) is 18.5. The van der Waals surface area contributed by atoms with Gasteiger partial charge in [-0.25, -0.2) is 4.39 Å². The SMILES string of the molecule is COc1cccc(NC(=O)[C@@H](C)Sc2nnc(-c3ccc(F)cc3)o2)c1. The van der Waals surface area contributed by atoms with Crippen molar-refractivity contribution in [3.05, 3.63) is 54.3 Å². The van der Waals surface area contributed by atoms with Crippen LogP contribution in [0, 0.1) is 5.82 Å². The van der Waals surface area contributed by atoms with Crippen molar-refractivity contribution in [1.29, 1.82) is 0 Å². The first-order valence-electron chi connectivity index (χ1n) is 7.76. The fourth-order valence-corrected chi connectivity index (χ4v) is 2.80. The number of methoxy groups -OCH3 is 1. The molecule has 3 aromatic rings. The van der Waals surface area contributed by atoms with Crippen molar-refractivity contribution in [2.45, 2.75) is 17.4 Å². The van der Waals surface area contributed by atoms with Crippen molar-refractivity contribution in [2.75, 3.05) is 12.4 Å². The molecule has 0 spiro atoms. The Morgan fingerprint density at radius 3 is 2.73 bits per heavy atom. The summed E-state index contributed by atoms with van der Waals surface area (Å²) < 4.78 is 23.6. The highest BCUT2D eigenvalue weighted by Crippen LogP contribution is 2.27. The van der Waals surface area contributed by atoms with Crippen LogP contribution in [-0.2, 0) is 4.79 Å². The molecule has 0 radical (unpaired) electrons. The van der Waals surface area contributed by atoms with E-state index in [2.05, 4.69) is 15.5 Å². The Hall–Kier alpha value is -2.87. The normalized spacial score (nSPS) is 11.8. The lowest BCUT2D eigenvalue weighted by Gasteiger charge is -2.10. The summed E-state index contributed by atoms with van der Waals surface area (Å²) in [6.07, 6.45) is 0. The third-order valence-corrected chi connectivity index (χ3v) is 4.42. The number of anilines is 1. The van der Waals surface area contributed by atoms with E-state index in [1.54, 1.807) is 50.4 Å². The third-order valence-electron chi connectivity index (χ3n) is 3.48. The number of nitrogens with zero attached hydrogens (tertiary/aromatic N) is 2. The van der Waals surface area contributed by atoms with Crippen LogP contribution in [0.2, 0.25) is 0 Å². The molecule has 3 rings (SSSR count). The molecule has 0 saturated heterocycles. The van der Waals surface area contributed by atoms with Crippen molar-refractivity contribution >= 4 is 23.4 Å². The molecule has 0 aliphatic rings. The Balaban J connectivity index is 1.63. The molecule has 6 nitrogen and oxygen atoms in total. The molecule has 2 aromatic carbocycles. The quantitative estimate of drug-likeness (QED) is 0.658. The van der Waals surface area contributed by atoms with E-state index in [-0.39, 0.29) is 22.8 Å². The van der Waals surface area contributed by atoms with Crippen molar-refractivity contribution < 1.29 is 18.3 Å². The molecule has 26 heavy (non-hydrogen) atoms. The van der Waals surface area contributed by atoms with Crippen LogP contribution < -0.4 is 10.1 Å². The van der Waals surface area contributed by atoms with Gasteiger partial charge in [0.2, 0.25) is 11.8 Å². The minimum Gasteiger partial charge on any atom is -0.497 e. The lowest BCUT2D eigenvalue weighted by atomic mass is 10.2. The molecule has 0 aliphatic heterocycles. The number of ether oxygens (including phenoxy) is 1. The fraction of sp³-hybridized carbons (Fsp3) is 0.167. The first-order valence-corrected chi connectivity index (χ1v) is 8.64. The van der Waals surface area contributed by atoms with Gasteiger partial charge in [-0.1, -0.05) is 17.8 Å². The van der Waals surface area contributed by atoms with Crippen LogP contribution in [0.5, 0.6) is 5.75 Å². The van der Waals surface area contributed by atoms with Gasteiger partial charge >= 0.3 is 0 Å². The predicted molar refractivity (Wildman–Crippen MR) is 96.6 cm³/mol. The largest absolute Gasteiger partial charge is 0.497 e. The molecule has 8 heteroatoms. The maximum absolute atomic E-state index is 13.0. The number of thioether (sulfide) groups is 1. The third kappa shape index (κ3) is 4.40. The first kappa shape index (κ1) is 17.9. The van der Waals surface area contributed by atoms with Gasteiger partial charge in [-0.05, 0) is 43.3 Å². The summed E-state index contributed by atoms with van der Waals surface area (Å²) in [5.74, 6) is 0.382. The van der Waals surface area contributed by atoms with Crippen molar-refractivity contribution in [3.63, 3.8) is 0 Å². The highest BCUT2D eigenvalue weighted by Gasteiger charge is 2.19. The molecule has 1 heterocycles. The van der Waals surface area contributed by atoms with Crippen LogP contribution in [-0.4, -0.2) is 28.5 Å². The molecular weight excluding hydrogens is 357 g/mol. The van der Waals surface area contributed by atoms with Crippen molar-refractivity contribution in [3.8, 4) is 17.2 Å². The van der Waals surface area contributed by atoms with E-state index >= 15 is 0 Å². The Morgan fingerprint density at radius 2 is 2.00 bits per heavy atom. The lowest BCUT2D eigenvalue weighted by molar-refractivity contribution is -0.115. The van der Waals surface area contributed by atoms with Gasteiger partial charge in [0.05, 0.1) is 12.4 Å². The zero-order valence-electron chi connectivity index (χ0n) is 14.1. The molecule has 1 N–H and O–H groups in total. The number of aromatic nitrogens is 2. The molecule has 0 saturated carbocycles. The molecular formula is C18H16FN3O3S. The summed E-state index contributed by atoms with van der Waals surface area (Å²) in [4.78, 5) is 12.3. The number of hydrogen-bond donors (Lipinski definition) is 1. The maximum Gasteiger partial charge on any atom is 0.277 e. The summed E-state index contributed by atoms with van der Waals surface area (Å²) in [6.45, 7) is 1.74. The molecule has 0 fully saturated rings. The van der Waals surface area contributed by atoms with E-state index in [1.165, 1.54) is 12.1 Å². The molecule has 0 unspecified atom stereocenters. The molecule has 1 atom stereocenters. The highest BCUT2D eigenvalue weighted by molar-refractivity contribution is 8.00. The summed E-state index contributed by atoms with van der Waals surface area (Å²) >= 11 is 1.14. The van der Waals surface area contributed by atoms with Crippen LogP contribution >= 0.6 is 11.8 Å². The van der Waals surface area contributed by atoms with Crippen LogP contribution in [0.15, 0.2) is 58.2 Å². The fourth-order valence-electron chi connectivity index (χ4n) is 2.12. The smallest absolute Gasteiger partial charge is 0.277 e. The van der Waals surface area contributed by atoms with Gasteiger partial charge in [-0.2, -0.15) is 0 Å². The van der Waals surface area contributed by atoms with E-state index in [0.29, 0.717) is 17.0 Å². The molecule has 1 amide bonds. The van der Waals surface area contributed by atoms with Gasteiger partial charge in [0.25, 0.3) is 5.22 Å². The second kappa shape index (κ2) is 8.01. The van der Waals surface area contributed by atoms with Crippen LogP contribution in [0.4, 0.5) is 10.1 Å². The van der Waals surface area contributed by atoms with E-state index < -0.39 is 5.25 Å². The van der Waals surface area contributed by atoms with Gasteiger partial charge in [0.1, 0.15) is 11.6 Å². The van der Waals surface area contributed by atoms with E-state index in [9.17, 15) is 9.18 Å². The van der Waals surface area contributed by atoms with Crippen molar-refractivity contribution in [1.82, 2.24) is 10.2 Å². The Morgan fingerprint density at radius 1 is 1.23 bits per heavy atom. The van der Waals surface area contributed by atoms with Gasteiger partial charge in [0.15, 0.2) is 0 Å². The highest BCUT2D eigenvalue weighted by atomic mass is 32.2. The number of amides is 1. The Labute approximate surface area is 153 Å². The Bertz CT molecular complexity index is 899. The molecule has 0 aliphatic carbocycles. The van der Waals surface area contributed by atoms with Gasteiger partial charge in [0, 0.05) is 17.3 Å². The van der Waals surface area contributed by atoms with Gasteiger partial charge < -0.3 is 14.5 Å². The maximum atomic E-state index is 13.0. The Kier molecular flexibility index (Phi) is 5.52. The minimum atomic E-state index is -0.456. The molecule has 1 aromatic heterocycles. The zero-order valence-corrected chi connectivity index (χ0v) is 14.9. The van der Waals surface area contributed by atoms with E-state index in [4.69, 9.17) is 9.15 Å².